The highest BCUT2D eigenvalue weighted by Gasteiger charge is 2.22. The van der Waals surface area contributed by atoms with Crippen LogP contribution in [0.4, 0.5) is 10.2 Å². The number of imidazole rings is 1. The zero-order valence-electron chi connectivity index (χ0n) is 23.3. The van der Waals surface area contributed by atoms with Crippen LogP contribution in [0.3, 0.4) is 0 Å². The predicted octanol–water partition coefficient (Wildman–Crippen LogP) is 5.19. The number of aromatic nitrogens is 5. The molecule has 0 aliphatic heterocycles. The van der Waals surface area contributed by atoms with E-state index in [0.717, 1.165) is 22.0 Å². The number of nitrogens with two attached hydrogens (primary N) is 1. The van der Waals surface area contributed by atoms with Gasteiger partial charge in [0.2, 0.25) is 0 Å². The van der Waals surface area contributed by atoms with Gasteiger partial charge in [-0.15, -0.1) is 0 Å². The Bertz CT molecular complexity index is 1980. The summed E-state index contributed by atoms with van der Waals surface area (Å²) in [4.78, 5) is 31.4. The molecule has 1 amide bonds. The average molecular weight is 562 g/mol. The van der Waals surface area contributed by atoms with Gasteiger partial charge in [0.25, 0.3) is 5.91 Å². The number of nitrogen functional groups attached to an aromatic ring is 1. The Labute approximate surface area is 240 Å². The van der Waals surface area contributed by atoms with Gasteiger partial charge < -0.3 is 16.2 Å². The lowest BCUT2D eigenvalue weighted by Gasteiger charge is -2.17. The van der Waals surface area contributed by atoms with Crippen LogP contribution in [0.2, 0.25) is 0 Å². The molecule has 0 aliphatic carbocycles. The Morgan fingerprint density at radius 2 is 1.79 bits per heavy atom. The quantitative estimate of drug-likeness (QED) is 0.255. The summed E-state index contributed by atoms with van der Waals surface area (Å²) in [6.07, 6.45) is 3.38. The van der Waals surface area contributed by atoms with Crippen molar-refractivity contribution in [2.75, 3.05) is 5.73 Å². The number of anilines is 1. The first-order valence-corrected chi connectivity index (χ1v) is 13.4. The van der Waals surface area contributed by atoms with Gasteiger partial charge in [0.15, 0.2) is 11.5 Å². The number of hydrogen-bond donors (Lipinski definition) is 3. The van der Waals surface area contributed by atoms with Crippen molar-refractivity contribution in [3.8, 4) is 22.5 Å². The van der Waals surface area contributed by atoms with E-state index < -0.39 is 11.5 Å². The molecule has 4 N–H and O–H groups in total. The highest BCUT2D eigenvalue weighted by atomic mass is 19.1. The van der Waals surface area contributed by atoms with Crippen LogP contribution >= 0.6 is 0 Å². The number of halogens is 1. The van der Waals surface area contributed by atoms with Crippen molar-refractivity contribution < 1.29 is 14.3 Å². The summed E-state index contributed by atoms with van der Waals surface area (Å²) in [6, 6.07) is 19.1. The minimum absolute atomic E-state index is 0.121. The van der Waals surface area contributed by atoms with Crippen LogP contribution in [0.15, 0.2) is 79.1 Å². The number of carbonyl (C=O) groups is 1. The van der Waals surface area contributed by atoms with Crippen molar-refractivity contribution in [2.24, 2.45) is 0 Å². The van der Waals surface area contributed by atoms with E-state index in [1.54, 1.807) is 61.0 Å². The van der Waals surface area contributed by atoms with Crippen molar-refractivity contribution >= 4 is 28.3 Å². The molecule has 2 aromatic carbocycles. The number of benzene rings is 2. The normalized spacial score (nSPS) is 11.7. The first-order valence-electron chi connectivity index (χ1n) is 13.4. The third-order valence-corrected chi connectivity index (χ3v) is 7.08. The molecule has 0 saturated heterocycles. The molecule has 0 atom stereocenters. The Kier molecular flexibility index (Phi) is 6.62. The standard InChI is InChI=1S/C32H28FN7O2/c1-18-13-14-35-24-12-9-20(15-23(18)24)28-27(19-7-10-21(33)11-8-19)39-29(34)30-38-25(17-40(28)30)31(41)36-16-22-5-4-6-26(37-22)32(2,3)42/h4-15,17,42H,16H2,1-3H3,(H2,34,39)(H,36,41). The van der Waals surface area contributed by atoms with E-state index in [9.17, 15) is 14.3 Å². The highest BCUT2D eigenvalue weighted by Crippen LogP contribution is 2.35. The lowest BCUT2D eigenvalue weighted by atomic mass is 10.0. The summed E-state index contributed by atoms with van der Waals surface area (Å²) in [5.41, 5.74) is 11.3. The van der Waals surface area contributed by atoms with E-state index in [-0.39, 0.29) is 23.9 Å². The topological polar surface area (TPSA) is 131 Å². The van der Waals surface area contributed by atoms with Crippen LogP contribution in [-0.4, -0.2) is 35.4 Å². The second kappa shape index (κ2) is 10.3. The number of carbonyl (C=O) groups excluding carboxylic acids is 1. The van der Waals surface area contributed by atoms with Gasteiger partial charge in [-0.05, 0) is 80.9 Å². The smallest absolute Gasteiger partial charge is 0.271 e. The number of aliphatic hydroxyl groups is 1. The summed E-state index contributed by atoms with van der Waals surface area (Å²) in [6.45, 7) is 5.45. The number of amides is 1. The maximum absolute atomic E-state index is 13.8. The van der Waals surface area contributed by atoms with Gasteiger partial charge in [0, 0.05) is 28.9 Å². The SMILES string of the molecule is Cc1ccnc2ccc(-c3c(-c4ccc(F)cc4)nc(N)c4nc(C(=O)NCc5cccc(C(C)(C)O)n5)cn34)cc12. The van der Waals surface area contributed by atoms with Crippen LogP contribution < -0.4 is 11.1 Å². The number of fused-ring (bicyclic) bond motifs is 2. The van der Waals surface area contributed by atoms with E-state index in [1.807, 2.05) is 31.2 Å². The fraction of sp³-hybridized carbons (Fsp3) is 0.156. The Morgan fingerprint density at radius 1 is 1.02 bits per heavy atom. The predicted molar refractivity (Wildman–Crippen MR) is 159 cm³/mol. The van der Waals surface area contributed by atoms with E-state index in [1.165, 1.54) is 12.1 Å². The van der Waals surface area contributed by atoms with Crippen molar-refractivity contribution in [3.63, 3.8) is 0 Å². The van der Waals surface area contributed by atoms with Gasteiger partial charge in [0.05, 0.1) is 34.8 Å². The molecule has 0 aliphatic rings. The molecule has 0 saturated carbocycles. The van der Waals surface area contributed by atoms with Crippen LogP contribution in [0, 0.1) is 12.7 Å². The number of nitrogens with one attached hydrogen (secondary N) is 1. The van der Waals surface area contributed by atoms with Crippen molar-refractivity contribution in [3.05, 3.63) is 108 Å². The van der Waals surface area contributed by atoms with Gasteiger partial charge in [-0.2, -0.15) is 0 Å². The molecule has 6 rings (SSSR count). The fourth-order valence-corrected chi connectivity index (χ4v) is 4.87. The Balaban J connectivity index is 1.45. The molecule has 4 aromatic heterocycles. The number of hydrogen-bond acceptors (Lipinski definition) is 7. The molecule has 0 bridgehead atoms. The van der Waals surface area contributed by atoms with Crippen LogP contribution in [-0.2, 0) is 12.1 Å². The zero-order valence-corrected chi connectivity index (χ0v) is 23.3. The second-order valence-corrected chi connectivity index (χ2v) is 10.6. The third kappa shape index (κ3) is 5.04. The van der Waals surface area contributed by atoms with Crippen molar-refractivity contribution in [1.29, 1.82) is 0 Å². The van der Waals surface area contributed by atoms with Crippen LogP contribution in [0.1, 0.15) is 41.3 Å². The summed E-state index contributed by atoms with van der Waals surface area (Å²) in [5, 5.41) is 14.1. The maximum Gasteiger partial charge on any atom is 0.271 e. The number of rotatable bonds is 6. The molecule has 10 heteroatoms. The summed E-state index contributed by atoms with van der Waals surface area (Å²) in [5.74, 6) is -0.678. The second-order valence-electron chi connectivity index (χ2n) is 10.6. The Hall–Kier alpha value is -5.22. The fourth-order valence-electron chi connectivity index (χ4n) is 4.87. The van der Waals surface area contributed by atoms with Crippen LogP contribution in [0.5, 0.6) is 0 Å². The minimum Gasteiger partial charge on any atom is -0.384 e. The molecule has 0 unspecified atom stereocenters. The summed E-state index contributed by atoms with van der Waals surface area (Å²) >= 11 is 0. The van der Waals surface area contributed by atoms with Crippen molar-refractivity contribution in [2.45, 2.75) is 32.9 Å². The van der Waals surface area contributed by atoms with Gasteiger partial charge in [-0.1, -0.05) is 12.1 Å². The first kappa shape index (κ1) is 27.0. The van der Waals surface area contributed by atoms with E-state index in [0.29, 0.717) is 34.0 Å². The zero-order chi connectivity index (χ0) is 29.6. The number of pyridine rings is 2. The van der Waals surface area contributed by atoms with Crippen LogP contribution in [0.25, 0.3) is 39.1 Å². The molecular weight excluding hydrogens is 533 g/mol. The minimum atomic E-state index is -1.11. The average Bonchev–Trinajstić information content (AvgIpc) is 3.42. The Morgan fingerprint density at radius 3 is 2.55 bits per heavy atom. The van der Waals surface area contributed by atoms with E-state index >= 15 is 0 Å². The molecule has 210 valence electrons. The lowest BCUT2D eigenvalue weighted by Crippen LogP contribution is -2.25. The monoisotopic (exact) mass is 561 g/mol. The summed E-state index contributed by atoms with van der Waals surface area (Å²) < 4.78 is 15.6. The van der Waals surface area contributed by atoms with Gasteiger partial charge in [-0.25, -0.2) is 14.4 Å². The molecular formula is C32H28FN7O2. The molecule has 42 heavy (non-hydrogen) atoms. The molecule has 0 fully saturated rings. The highest BCUT2D eigenvalue weighted by molar-refractivity contribution is 5.95. The number of nitrogens with zero attached hydrogens (tertiary/aromatic N) is 5. The van der Waals surface area contributed by atoms with E-state index in [4.69, 9.17) is 5.73 Å². The molecule has 6 aromatic rings. The lowest BCUT2D eigenvalue weighted by molar-refractivity contribution is 0.0736. The van der Waals surface area contributed by atoms with Gasteiger partial charge in [-0.3, -0.25) is 19.2 Å². The molecule has 0 radical (unpaired) electrons. The molecule has 0 spiro atoms. The number of aryl methyl sites for hydroxylation is 1. The first-order chi connectivity index (χ1) is 20.1. The van der Waals surface area contributed by atoms with Gasteiger partial charge >= 0.3 is 0 Å². The van der Waals surface area contributed by atoms with E-state index in [2.05, 4.69) is 25.3 Å². The largest absolute Gasteiger partial charge is 0.384 e. The molecule has 9 nitrogen and oxygen atoms in total. The van der Waals surface area contributed by atoms with Gasteiger partial charge in [0.1, 0.15) is 17.1 Å². The van der Waals surface area contributed by atoms with Crippen molar-refractivity contribution in [1.82, 2.24) is 29.7 Å². The maximum atomic E-state index is 13.8. The summed E-state index contributed by atoms with van der Waals surface area (Å²) in [7, 11) is 0. The third-order valence-electron chi connectivity index (χ3n) is 7.08. The molecule has 4 heterocycles.